The summed E-state index contributed by atoms with van der Waals surface area (Å²) in [6.07, 6.45) is -9.44. The number of carboxylic acids is 1. The summed E-state index contributed by atoms with van der Waals surface area (Å²) in [5.41, 5.74) is 0. The molecule has 0 heterocycles. The minimum absolute atomic E-state index is 0.0747. The van der Waals surface area contributed by atoms with Crippen LogP contribution < -0.4 is 5.32 Å². The highest BCUT2D eigenvalue weighted by molar-refractivity contribution is 7.99. The van der Waals surface area contributed by atoms with Crippen LogP contribution in [0.2, 0.25) is 0 Å². The van der Waals surface area contributed by atoms with Crippen molar-refractivity contribution in [1.82, 2.24) is 5.32 Å². The largest absolute Gasteiger partial charge is 0.477 e. The van der Waals surface area contributed by atoms with Gasteiger partial charge in [0.05, 0.1) is 20.6 Å². The molecule has 19 heteroatoms. The lowest BCUT2D eigenvalue weighted by molar-refractivity contribution is -0.883. The number of thioether (sulfide) groups is 1. The fourth-order valence-corrected chi connectivity index (χ4v) is 3.91. The van der Waals surface area contributed by atoms with E-state index in [1.807, 2.05) is 0 Å². The van der Waals surface area contributed by atoms with Crippen LogP contribution in [0.25, 0.3) is 0 Å². The van der Waals surface area contributed by atoms with Crippen LogP contribution in [0.3, 0.4) is 0 Å². The third-order valence-corrected chi connectivity index (χ3v) is 6.41. The first-order chi connectivity index (χ1) is 16.7. The molecule has 38 heavy (non-hydrogen) atoms. The molecule has 0 spiro atoms. The molecule has 0 aromatic carbocycles. The van der Waals surface area contributed by atoms with Crippen LogP contribution in [0, 0.1) is 5.92 Å². The zero-order chi connectivity index (χ0) is 30.6. The van der Waals surface area contributed by atoms with Crippen molar-refractivity contribution in [3.63, 3.8) is 0 Å². The molecule has 226 valence electrons. The number of carboxylic acid groups (broad SMARTS) is 1. The van der Waals surface area contributed by atoms with Crippen LogP contribution >= 0.6 is 11.8 Å². The maximum absolute atomic E-state index is 13.8. The maximum Gasteiger partial charge on any atom is 0.460 e. The number of nitrogens with one attached hydrogen (secondary N) is 1. The molecule has 1 amide bonds. The fourth-order valence-electron chi connectivity index (χ4n) is 2.83. The van der Waals surface area contributed by atoms with Crippen LogP contribution in [0.5, 0.6) is 0 Å². The summed E-state index contributed by atoms with van der Waals surface area (Å²) >= 11 is 0.308. The first-order valence-electron chi connectivity index (χ1n) is 10.5. The highest BCUT2D eigenvalue weighted by Gasteiger charge is 2.90. The van der Waals surface area contributed by atoms with E-state index in [-0.39, 0.29) is 23.3 Å². The number of amides is 1. The molecule has 0 fully saturated rings. The number of likely N-dealkylation sites (N-methyl/N-ethyl adjacent to an activating group) is 1. The summed E-state index contributed by atoms with van der Waals surface area (Å²) in [7, 11) is 3.24. The summed E-state index contributed by atoms with van der Waals surface area (Å²) in [6.45, 7) is 1.48. The monoisotopic (exact) mass is 609 g/mol. The van der Waals surface area contributed by atoms with Crippen LogP contribution in [0.1, 0.15) is 19.8 Å². The summed E-state index contributed by atoms with van der Waals surface area (Å²) in [5, 5.41) is 11.2. The number of quaternary nitrogens is 1. The lowest BCUT2D eigenvalue weighted by atomic mass is 9.93. The highest BCUT2D eigenvalue weighted by atomic mass is 32.2. The standard InChI is InChI=1S/C19H25F13N2O3S/c1-11(13(37)33-6-4-7-34(2,3)9-12(35)36)10-38-8-5-14(20,21)15(22,23)16(24,25)17(26,27)18(28,29)19(30,31)32/h11H,4-10H2,1-3H3,(H-,33,35,36,37)/p+1. The van der Waals surface area contributed by atoms with Crippen molar-refractivity contribution in [3.8, 4) is 0 Å². The molecule has 0 saturated carbocycles. The van der Waals surface area contributed by atoms with E-state index < -0.39 is 65.8 Å². The Hall–Kier alpha value is -1.66. The first kappa shape index (κ1) is 36.3. The second-order valence-corrected chi connectivity index (χ2v) is 10.2. The molecule has 0 bridgehead atoms. The minimum Gasteiger partial charge on any atom is -0.477 e. The van der Waals surface area contributed by atoms with Crippen molar-refractivity contribution >= 4 is 23.6 Å². The van der Waals surface area contributed by atoms with Gasteiger partial charge in [0.15, 0.2) is 6.54 Å². The van der Waals surface area contributed by atoms with E-state index in [0.717, 1.165) is 0 Å². The Morgan fingerprint density at radius 1 is 0.842 bits per heavy atom. The smallest absolute Gasteiger partial charge is 0.460 e. The summed E-state index contributed by atoms with van der Waals surface area (Å²) in [4.78, 5) is 22.7. The third-order valence-electron chi connectivity index (χ3n) is 5.18. The van der Waals surface area contributed by atoms with Gasteiger partial charge < -0.3 is 14.9 Å². The van der Waals surface area contributed by atoms with E-state index >= 15 is 0 Å². The molecule has 5 nitrogen and oxygen atoms in total. The second-order valence-electron chi connectivity index (χ2n) is 9.08. The number of carbonyl (C=O) groups is 2. The quantitative estimate of drug-likeness (QED) is 0.144. The Labute approximate surface area is 212 Å². The van der Waals surface area contributed by atoms with Crippen molar-refractivity contribution in [3.05, 3.63) is 0 Å². The molecular weight excluding hydrogens is 583 g/mol. The van der Waals surface area contributed by atoms with E-state index in [2.05, 4.69) is 5.32 Å². The molecule has 2 N–H and O–H groups in total. The van der Waals surface area contributed by atoms with Crippen molar-refractivity contribution in [2.45, 2.75) is 55.6 Å². The Morgan fingerprint density at radius 2 is 1.32 bits per heavy atom. The Kier molecular flexibility index (Phi) is 11.7. The lowest BCUT2D eigenvalue weighted by Crippen LogP contribution is -2.70. The topological polar surface area (TPSA) is 66.4 Å². The van der Waals surface area contributed by atoms with E-state index in [0.29, 0.717) is 24.7 Å². The predicted molar refractivity (Wildman–Crippen MR) is 109 cm³/mol. The zero-order valence-electron chi connectivity index (χ0n) is 20.1. The van der Waals surface area contributed by atoms with E-state index in [1.54, 1.807) is 14.1 Å². The van der Waals surface area contributed by atoms with Gasteiger partial charge in [-0.05, 0) is 5.75 Å². The SMILES string of the molecule is CC(CSCCC(F)(F)C(F)(F)C(F)(F)C(F)(F)C(F)(F)C(F)(F)F)C(=O)NCCC[N+](C)(C)CC(=O)O. The molecule has 1 unspecified atom stereocenters. The van der Waals surface area contributed by atoms with Gasteiger partial charge in [0.1, 0.15) is 0 Å². The molecule has 0 aromatic heterocycles. The van der Waals surface area contributed by atoms with Gasteiger partial charge in [-0.3, -0.25) is 4.79 Å². The molecule has 0 aliphatic heterocycles. The first-order valence-corrected chi connectivity index (χ1v) is 11.7. The number of hydrogen-bond donors (Lipinski definition) is 2. The highest BCUT2D eigenvalue weighted by Crippen LogP contribution is 2.60. The minimum atomic E-state index is -7.92. The van der Waals surface area contributed by atoms with Gasteiger partial charge in [-0.15, -0.1) is 0 Å². The Bertz CT molecular complexity index is 820. The van der Waals surface area contributed by atoms with Gasteiger partial charge >= 0.3 is 41.8 Å². The average molecular weight is 609 g/mol. The van der Waals surface area contributed by atoms with Gasteiger partial charge in [-0.2, -0.15) is 68.8 Å². The molecule has 0 rings (SSSR count). The lowest BCUT2D eigenvalue weighted by Gasteiger charge is -2.39. The summed E-state index contributed by atoms with van der Waals surface area (Å²) < 4.78 is 170. The van der Waals surface area contributed by atoms with Crippen LogP contribution in [-0.4, -0.2) is 102 Å². The number of carbonyl (C=O) groups excluding carboxylic acids is 1. The van der Waals surface area contributed by atoms with Crippen molar-refractivity contribution in [2.24, 2.45) is 5.92 Å². The average Bonchev–Trinajstić information content (AvgIpc) is 2.71. The fraction of sp³-hybridized carbons (Fsp3) is 0.895. The van der Waals surface area contributed by atoms with Crippen molar-refractivity contribution < 1.29 is 76.3 Å². The number of nitrogens with zero attached hydrogens (tertiary/aromatic N) is 1. The molecule has 0 aliphatic carbocycles. The van der Waals surface area contributed by atoms with Gasteiger partial charge in [0.2, 0.25) is 5.91 Å². The van der Waals surface area contributed by atoms with E-state index in [4.69, 9.17) is 5.11 Å². The van der Waals surface area contributed by atoms with Crippen molar-refractivity contribution in [2.75, 3.05) is 45.2 Å². The van der Waals surface area contributed by atoms with Gasteiger partial charge in [-0.25, -0.2) is 4.79 Å². The van der Waals surface area contributed by atoms with Crippen LogP contribution in [-0.2, 0) is 9.59 Å². The van der Waals surface area contributed by atoms with Crippen molar-refractivity contribution in [1.29, 1.82) is 0 Å². The number of hydrogen-bond acceptors (Lipinski definition) is 3. The van der Waals surface area contributed by atoms with E-state index in [1.165, 1.54) is 6.92 Å². The molecule has 0 aromatic rings. The molecule has 0 saturated heterocycles. The molecule has 1 atom stereocenters. The predicted octanol–water partition coefficient (Wildman–Crippen LogP) is 5.15. The third kappa shape index (κ3) is 8.17. The normalized spacial score (nSPS) is 15.4. The number of alkyl halides is 13. The Morgan fingerprint density at radius 3 is 1.76 bits per heavy atom. The van der Waals surface area contributed by atoms with Gasteiger partial charge in [0.25, 0.3) is 0 Å². The molecule has 0 aliphatic rings. The van der Waals surface area contributed by atoms with Gasteiger partial charge in [0, 0.05) is 31.1 Å². The second kappa shape index (κ2) is 12.2. The van der Waals surface area contributed by atoms with Gasteiger partial charge in [-0.1, -0.05) is 6.92 Å². The van der Waals surface area contributed by atoms with E-state index in [9.17, 15) is 66.7 Å². The molecule has 0 radical (unpaired) electrons. The summed E-state index contributed by atoms with van der Waals surface area (Å²) in [6, 6.07) is 0. The number of halogens is 13. The van der Waals surface area contributed by atoms with Crippen LogP contribution in [0.4, 0.5) is 57.1 Å². The Balaban J connectivity index is 4.99. The molecular formula is C19H26F13N2O3S+. The zero-order valence-corrected chi connectivity index (χ0v) is 20.9. The number of rotatable bonds is 16. The number of aliphatic carboxylic acids is 1. The van der Waals surface area contributed by atoms with Crippen LogP contribution in [0.15, 0.2) is 0 Å². The maximum atomic E-state index is 13.8. The summed E-state index contributed by atoms with van der Waals surface area (Å²) in [5.74, 6) is -41.2.